The number of aryl methyl sites for hydroxylation is 1. The van der Waals surface area contributed by atoms with E-state index in [1.165, 1.54) is 4.31 Å². The van der Waals surface area contributed by atoms with Crippen molar-refractivity contribution in [2.75, 3.05) is 19.6 Å². The van der Waals surface area contributed by atoms with Crippen LogP contribution in [0.15, 0.2) is 54.6 Å². The fourth-order valence-electron chi connectivity index (χ4n) is 3.61. The average molecular weight is 435 g/mol. The molecule has 1 saturated heterocycles. The van der Waals surface area contributed by atoms with Gasteiger partial charge in [-0.1, -0.05) is 60.1 Å². The van der Waals surface area contributed by atoms with Crippen LogP contribution in [-0.2, 0) is 27.0 Å². The minimum Gasteiger partial charge on any atom is -0.356 e. The molecule has 0 aromatic heterocycles. The lowest BCUT2D eigenvalue weighted by atomic mass is 9.97. The molecule has 2 aromatic carbocycles. The Bertz CT molecular complexity index is 911. The first-order valence-electron chi connectivity index (χ1n) is 9.98. The molecular formula is C22H27ClN2O3S. The molecule has 0 saturated carbocycles. The highest BCUT2D eigenvalue weighted by atomic mass is 35.5. The van der Waals surface area contributed by atoms with Crippen LogP contribution in [0.1, 0.15) is 30.4 Å². The number of nitrogens with one attached hydrogen (secondary N) is 1. The summed E-state index contributed by atoms with van der Waals surface area (Å²) in [7, 11) is -3.35. The van der Waals surface area contributed by atoms with Crippen molar-refractivity contribution in [2.45, 2.75) is 31.4 Å². The summed E-state index contributed by atoms with van der Waals surface area (Å²) in [5, 5.41) is 3.74. The molecule has 0 spiro atoms. The van der Waals surface area contributed by atoms with Gasteiger partial charge in [-0.2, -0.15) is 0 Å². The molecule has 2 aromatic rings. The van der Waals surface area contributed by atoms with Gasteiger partial charge in [0.15, 0.2) is 0 Å². The van der Waals surface area contributed by atoms with E-state index in [-0.39, 0.29) is 17.6 Å². The largest absolute Gasteiger partial charge is 0.356 e. The summed E-state index contributed by atoms with van der Waals surface area (Å²) >= 11 is 6.15. The average Bonchev–Trinajstić information content (AvgIpc) is 2.73. The minimum atomic E-state index is -3.35. The molecule has 3 rings (SSSR count). The maximum absolute atomic E-state index is 12.6. The van der Waals surface area contributed by atoms with E-state index in [0.717, 1.165) is 29.0 Å². The highest BCUT2D eigenvalue weighted by Crippen LogP contribution is 2.22. The lowest BCUT2D eigenvalue weighted by Crippen LogP contribution is -2.43. The van der Waals surface area contributed by atoms with Gasteiger partial charge in [0.2, 0.25) is 15.9 Å². The molecular weight excluding hydrogens is 408 g/mol. The first-order valence-corrected chi connectivity index (χ1v) is 12.0. The van der Waals surface area contributed by atoms with Gasteiger partial charge in [-0.15, -0.1) is 0 Å². The molecule has 1 aliphatic heterocycles. The number of halogens is 1. The highest BCUT2D eigenvalue weighted by Gasteiger charge is 2.30. The summed E-state index contributed by atoms with van der Waals surface area (Å²) in [6.45, 7) is 1.39. The van der Waals surface area contributed by atoms with Crippen molar-refractivity contribution in [3.8, 4) is 0 Å². The molecule has 0 bridgehead atoms. The van der Waals surface area contributed by atoms with Crippen LogP contribution in [0.3, 0.4) is 0 Å². The predicted molar refractivity (Wildman–Crippen MR) is 116 cm³/mol. The molecule has 7 heteroatoms. The summed E-state index contributed by atoms with van der Waals surface area (Å²) in [6.07, 6.45) is 2.75. The predicted octanol–water partition coefficient (Wildman–Crippen LogP) is 3.63. The van der Waals surface area contributed by atoms with Crippen molar-refractivity contribution in [3.63, 3.8) is 0 Å². The molecule has 0 aliphatic carbocycles. The smallest absolute Gasteiger partial charge is 0.223 e. The van der Waals surface area contributed by atoms with Crippen LogP contribution >= 0.6 is 11.6 Å². The Kier molecular flexibility index (Phi) is 7.70. The zero-order chi connectivity index (χ0) is 20.7. The van der Waals surface area contributed by atoms with E-state index < -0.39 is 10.0 Å². The monoisotopic (exact) mass is 434 g/mol. The van der Waals surface area contributed by atoms with Gasteiger partial charge < -0.3 is 5.32 Å². The molecule has 156 valence electrons. The van der Waals surface area contributed by atoms with Crippen LogP contribution in [0, 0.1) is 5.92 Å². The fraction of sp³-hybridized carbons (Fsp3) is 0.409. The Morgan fingerprint density at radius 1 is 1.03 bits per heavy atom. The number of hydrogen-bond donors (Lipinski definition) is 1. The quantitative estimate of drug-likeness (QED) is 0.645. The Labute approximate surface area is 178 Å². The van der Waals surface area contributed by atoms with Crippen molar-refractivity contribution in [3.05, 3.63) is 70.7 Å². The third-order valence-corrected chi connectivity index (χ3v) is 7.51. The standard InChI is InChI=1S/C22H27ClN2O3S/c23-21-11-5-4-9-19(21)10-6-14-24-22(26)20-12-15-25(16-13-20)29(27,28)17-18-7-2-1-3-8-18/h1-5,7-9,11,20H,6,10,12-17H2,(H,24,26). The van der Waals surface area contributed by atoms with Gasteiger partial charge in [0.05, 0.1) is 5.75 Å². The molecule has 1 aliphatic rings. The first kappa shape index (κ1) is 21.8. The zero-order valence-corrected chi connectivity index (χ0v) is 18.0. The normalized spacial score (nSPS) is 15.9. The van der Waals surface area contributed by atoms with Crippen molar-refractivity contribution in [1.82, 2.24) is 9.62 Å². The Hall–Kier alpha value is -1.89. The Morgan fingerprint density at radius 3 is 2.38 bits per heavy atom. The number of carbonyl (C=O) groups excluding carboxylic acids is 1. The van der Waals surface area contributed by atoms with Crippen LogP contribution in [0.5, 0.6) is 0 Å². The second-order valence-corrected chi connectivity index (χ2v) is 9.78. The van der Waals surface area contributed by atoms with Crippen molar-refractivity contribution >= 4 is 27.5 Å². The second kappa shape index (κ2) is 10.2. The number of carbonyl (C=O) groups is 1. The van der Waals surface area contributed by atoms with Gasteiger partial charge in [-0.05, 0) is 42.9 Å². The summed E-state index contributed by atoms with van der Waals surface area (Å²) < 4.78 is 26.8. The summed E-state index contributed by atoms with van der Waals surface area (Å²) in [6, 6.07) is 16.9. The third-order valence-electron chi connectivity index (χ3n) is 5.29. The lowest BCUT2D eigenvalue weighted by molar-refractivity contribution is -0.126. The van der Waals surface area contributed by atoms with Gasteiger partial charge in [0, 0.05) is 30.6 Å². The van der Waals surface area contributed by atoms with Crippen molar-refractivity contribution < 1.29 is 13.2 Å². The number of hydrogen-bond acceptors (Lipinski definition) is 3. The molecule has 5 nitrogen and oxygen atoms in total. The summed E-state index contributed by atoms with van der Waals surface area (Å²) in [5.74, 6) is -0.102. The number of piperidine rings is 1. The van der Waals surface area contributed by atoms with E-state index in [2.05, 4.69) is 5.32 Å². The molecule has 0 unspecified atom stereocenters. The van der Waals surface area contributed by atoms with Crippen molar-refractivity contribution in [1.29, 1.82) is 0 Å². The van der Waals surface area contributed by atoms with Gasteiger partial charge in [-0.3, -0.25) is 4.79 Å². The maximum Gasteiger partial charge on any atom is 0.223 e. The fourth-order valence-corrected chi connectivity index (χ4v) is 5.40. The van der Waals surface area contributed by atoms with E-state index >= 15 is 0 Å². The topological polar surface area (TPSA) is 66.5 Å². The number of amides is 1. The van der Waals surface area contributed by atoms with E-state index in [0.29, 0.717) is 32.5 Å². The van der Waals surface area contributed by atoms with Crippen LogP contribution in [0.4, 0.5) is 0 Å². The molecule has 29 heavy (non-hydrogen) atoms. The third kappa shape index (κ3) is 6.29. The highest BCUT2D eigenvalue weighted by molar-refractivity contribution is 7.88. The zero-order valence-electron chi connectivity index (χ0n) is 16.4. The van der Waals surface area contributed by atoms with E-state index in [1.54, 1.807) is 0 Å². The molecule has 1 amide bonds. The van der Waals surface area contributed by atoms with Gasteiger partial charge in [-0.25, -0.2) is 12.7 Å². The Balaban J connectivity index is 1.40. The van der Waals surface area contributed by atoms with E-state index in [1.807, 2.05) is 54.6 Å². The van der Waals surface area contributed by atoms with Gasteiger partial charge in [0.1, 0.15) is 0 Å². The Morgan fingerprint density at radius 2 is 1.69 bits per heavy atom. The minimum absolute atomic E-state index is 0.00670. The van der Waals surface area contributed by atoms with E-state index in [4.69, 9.17) is 11.6 Å². The number of nitrogens with zero attached hydrogens (tertiary/aromatic N) is 1. The van der Waals surface area contributed by atoms with Gasteiger partial charge in [0.25, 0.3) is 0 Å². The molecule has 0 radical (unpaired) electrons. The molecule has 0 atom stereocenters. The number of benzene rings is 2. The first-order chi connectivity index (χ1) is 14.0. The van der Waals surface area contributed by atoms with Gasteiger partial charge >= 0.3 is 0 Å². The SMILES string of the molecule is O=C(NCCCc1ccccc1Cl)C1CCN(S(=O)(=O)Cc2ccccc2)CC1. The molecule has 1 N–H and O–H groups in total. The van der Waals surface area contributed by atoms with Crippen LogP contribution in [0.25, 0.3) is 0 Å². The van der Waals surface area contributed by atoms with E-state index in [9.17, 15) is 13.2 Å². The van der Waals surface area contributed by atoms with Crippen LogP contribution in [-0.4, -0.2) is 38.3 Å². The summed E-state index contributed by atoms with van der Waals surface area (Å²) in [4.78, 5) is 12.4. The van der Waals surface area contributed by atoms with Crippen LogP contribution in [0.2, 0.25) is 5.02 Å². The lowest BCUT2D eigenvalue weighted by Gasteiger charge is -2.30. The molecule has 1 heterocycles. The van der Waals surface area contributed by atoms with Crippen LogP contribution < -0.4 is 5.32 Å². The number of sulfonamides is 1. The maximum atomic E-state index is 12.6. The van der Waals surface area contributed by atoms with Crippen molar-refractivity contribution in [2.24, 2.45) is 5.92 Å². The summed E-state index contributed by atoms with van der Waals surface area (Å²) in [5.41, 5.74) is 1.87. The molecule has 1 fully saturated rings. The number of rotatable bonds is 8. The second-order valence-electron chi connectivity index (χ2n) is 7.40.